The van der Waals surface area contributed by atoms with Gasteiger partial charge in [-0.05, 0) is 44.2 Å². The highest BCUT2D eigenvalue weighted by Crippen LogP contribution is 2.23. The molecule has 2 amide bonds. The molecule has 2 aliphatic heterocycles. The van der Waals surface area contributed by atoms with E-state index >= 15 is 0 Å². The SMILES string of the molecule is O=C(CCCCc1nc2ccccc2s1)N1CCN(C(=O)C2CCCO2)CC1. The van der Waals surface area contributed by atoms with E-state index in [-0.39, 0.29) is 17.9 Å². The molecule has 2 saturated heterocycles. The van der Waals surface area contributed by atoms with Gasteiger partial charge in [-0.25, -0.2) is 4.98 Å². The Bertz CT molecular complexity index is 790. The molecule has 1 aromatic carbocycles. The number of nitrogens with zero attached hydrogens (tertiary/aromatic N) is 3. The van der Waals surface area contributed by atoms with Crippen molar-refractivity contribution in [2.75, 3.05) is 32.8 Å². The molecule has 0 saturated carbocycles. The number of unbranched alkanes of at least 4 members (excludes halogenated alkanes) is 1. The van der Waals surface area contributed by atoms with Gasteiger partial charge in [0, 0.05) is 39.2 Å². The summed E-state index contributed by atoms with van der Waals surface area (Å²) in [6.45, 7) is 3.20. The van der Waals surface area contributed by atoms with E-state index in [2.05, 4.69) is 11.1 Å². The van der Waals surface area contributed by atoms with Gasteiger partial charge in [0.15, 0.2) is 0 Å². The zero-order chi connectivity index (χ0) is 19.3. The largest absolute Gasteiger partial charge is 0.368 e. The van der Waals surface area contributed by atoms with E-state index in [1.165, 1.54) is 4.70 Å². The highest BCUT2D eigenvalue weighted by molar-refractivity contribution is 7.18. The quantitative estimate of drug-likeness (QED) is 0.699. The van der Waals surface area contributed by atoms with Gasteiger partial charge in [0.05, 0.1) is 15.2 Å². The number of para-hydroxylation sites is 1. The lowest BCUT2D eigenvalue weighted by molar-refractivity contribution is -0.146. The Balaban J connectivity index is 1.16. The number of aromatic nitrogens is 1. The van der Waals surface area contributed by atoms with Crippen molar-refractivity contribution in [3.63, 3.8) is 0 Å². The lowest BCUT2D eigenvalue weighted by Crippen LogP contribution is -2.52. The number of carbonyl (C=O) groups is 2. The average Bonchev–Trinajstić information content (AvgIpc) is 3.40. The molecule has 2 aliphatic rings. The van der Waals surface area contributed by atoms with Crippen molar-refractivity contribution in [3.8, 4) is 0 Å². The van der Waals surface area contributed by atoms with E-state index in [1.807, 2.05) is 28.0 Å². The summed E-state index contributed by atoms with van der Waals surface area (Å²) in [6, 6.07) is 8.20. The van der Waals surface area contributed by atoms with E-state index in [0.717, 1.165) is 42.6 Å². The van der Waals surface area contributed by atoms with E-state index in [9.17, 15) is 9.59 Å². The summed E-state index contributed by atoms with van der Waals surface area (Å²) in [7, 11) is 0. The normalized spacial score (nSPS) is 20.1. The van der Waals surface area contributed by atoms with Crippen LogP contribution in [-0.2, 0) is 20.7 Å². The van der Waals surface area contributed by atoms with Crippen LogP contribution in [-0.4, -0.2) is 65.5 Å². The fraction of sp³-hybridized carbons (Fsp3) is 0.571. The second kappa shape index (κ2) is 9.01. The van der Waals surface area contributed by atoms with E-state index in [1.54, 1.807) is 11.3 Å². The number of rotatable bonds is 6. The molecule has 2 aromatic rings. The van der Waals surface area contributed by atoms with Crippen LogP contribution in [0, 0.1) is 0 Å². The third-order valence-electron chi connectivity index (χ3n) is 5.52. The van der Waals surface area contributed by atoms with Crippen molar-refractivity contribution < 1.29 is 14.3 Å². The number of thiazole rings is 1. The zero-order valence-electron chi connectivity index (χ0n) is 16.1. The maximum Gasteiger partial charge on any atom is 0.251 e. The molecule has 150 valence electrons. The molecule has 7 heteroatoms. The van der Waals surface area contributed by atoms with Crippen LogP contribution in [0.15, 0.2) is 24.3 Å². The number of aryl methyl sites for hydroxylation is 1. The Hall–Kier alpha value is -1.99. The van der Waals surface area contributed by atoms with Gasteiger partial charge >= 0.3 is 0 Å². The number of piperazine rings is 1. The van der Waals surface area contributed by atoms with Crippen LogP contribution in [0.3, 0.4) is 0 Å². The summed E-state index contributed by atoms with van der Waals surface area (Å²) in [5.41, 5.74) is 1.06. The van der Waals surface area contributed by atoms with Crippen LogP contribution in [0.1, 0.15) is 37.1 Å². The number of hydrogen-bond donors (Lipinski definition) is 0. The molecule has 1 unspecified atom stereocenters. The molecule has 1 atom stereocenters. The van der Waals surface area contributed by atoms with Crippen LogP contribution >= 0.6 is 11.3 Å². The van der Waals surface area contributed by atoms with Crippen LogP contribution in [0.4, 0.5) is 0 Å². The second-order valence-electron chi connectivity index (χ2n) is 7.49. The number of fused-ring (bicyclic) bond motifs is 1. The fourth-order valence-electron chi connectivity index (χ4n) is 3.89. The molecular formula is C21H27N3O3S. The Morgan fingerprint density at radius 3 is 2.64 bits per heavy atom. The minimum Gasteiger partial charge on any atom is -0.368 e. The number of hydrogen-bond acceptors (Lipinski definition) is 5. The first-order valence-corrected chi connectivity index (χ1v) is 11.0. The average molecular weight is 402 g/mol. The van der Waals surface area contributed by atoms with E-state index in [0.29, 0.717) is 39.2 Å². The topological polar surface area (TPSA) is 62.7 Å². The molecule has 2 fully saturated rings. The van der Waals surface area contributed by atoms with Crippen molar-refractivity contribution in [1.29, 1.82) is 0 Å². The Labute approximate surface area is 169 Å². The lowest BCUT2D eigenvalue weighted by atomic mass is 10.1. The highest BCUT2D eigenvalue weighted by Gasteiger charge is 2.31. The van der Waals surface area contributed by atoms with Gasteiger partial charge < -0.3 is 14.5 Å². The van der Waals surface area contributed by atoms with E-state index in [4.69, 9.17) is 4.74 Å². The molecule has 0 bridgehead atoms. The van der Waals surface area contributed by atoms with Crippen molar-refractivity contribution >= 4 is 33.4 Å². The Kier molecular flexibility index (Phi) is 6.22. The molecule has 0 aliphatic carbocycles. The first-order valence-electron chi connectivity index (χ1n) is 10.2. The number of benzene rings is 1. The zero-order valence-corrected chi connectivity index (χ0v) is 17.0. The van der Waals surface area contributed by atoms with Crippen molar-refractivity contribution in [2.24, 2.45) is 0 Å². The third-order valence-corrected chi connectivity index (χ3v) is 6.61. The van der Waals surface area contributed by atoms with Gasteiger partial charge in [0.2, 0.25) is 5.91 Å². The van der Waals surface area contributed by atoms with Crippen molar-refractivity contribution in [2.45, 2.75) is 44.6 Å². The first-order chi connectivity index (χ1) is 13.7. The molecule has 6 nitrogen and oxygen atoms in total. The van der Waals surface area contributed by atoms with Gasteiger partial charge in [-0.15, -0.1) is 11.3 Å². The molecule has 0 spiro atoms. The molecular weight excluding hydrogens is 374 g/mol. The maximum absolute atomic E-state index is 12.5. The minimum absolute atomic E-state index is 0.0976. The van der Waals surface area contributed by atoms with Gasteiger partial charge in [-0.1, -0.05) is 12.1 Å². The minimum atomic E-state index is -0.259. The van der Waals surface area contributed by atoms with Crippen LogP contribution in [0.2, 0.25) is 0 Å². The van der Waals surface area contributed by atoms with Gasteiger partial charge in [-0.3, -0.25) is 9.59 Å². The molecule has 0 radical (unpaired) electrons. The summed E-state index contributed by atoms with van der Waals surface area (Å²) in [5, 5.41) is 1.15. The molecule has 0 N–H and O–H groups in total. The molecule has 1 aromatic heterocycles. The molecule has 4 rings (SSSR count). The monoisotopic (exact) mass is 401 g/mol. The van der Waals surface area contributed by atoms with Gasteiger partial charge in [-0.2, -0.15) is 0 Å². The van der Waals surface area contributed by atoms with Crippen LogP contribution in [0.5, 0.6) is 0 Å². The Morgan fingerprint density at radius 2 is 1.89 bits per heavy atom. The third kappa shape index (κ3) is 4.52. The number of carbonyl (C=O) groups excluding carboxylic acids is 2. The predicted molar refractivity (Wildman–Crippen MR) is 109 cm³/mol. The summed E-state index contributed by atoms with van der Waals surface area (Å²) in [4.78, 5) is 33.3. The fourth-order valence-corrected chi connectivity index (χ4v) is 4.90. The summed E-state index contributed by atoms with van der Waals surface area (Å²) < 4.78 is 6.71. The van der Waals surface area contributed by atoms with Crippen molar-refractivity contribution in [3.05, 3.63) is 29.3 Å². The predicted octanol–water partition coefficient (Wildman–Crippen LogP) is 2.86. The molecule has 28 heavy (non-hydrogen) atoms. The standard InChI is InChI=1S/C21H27N3O3S/c25-20(10-4-3-9-19-22-16-6-1-2-8-18(16)28-19)23-11-13-24(14-12-23)21(26)17-7-5-15-27-17/h1-2,6,8,17H,3-5,7,9-15H2. The number of amides is 2. The van der Waals surface area contributed by atoms with Crippen LogP contribution in [0.25, 0.3) is 10.2 Å². The summed E-state index contributed by atoms with van der Waals surface area (Å²) in [6.07, 6.45) is 4.89. The summed E-state index contributed by atoms with van der Waals surface area (Å²) in [5.74, 6) is 0.300. The van der Waals surface area contributed by atoms with Gasteiger partial charge in [0.25, 0.3) is 5.91 Å². The van der Waals surface area contributed by atoms with E-state index < -0.39 is 0 Å². The maximum atomic E-state index is 12.5. The first kappa shape index (κ1) is 19.3. The van der Waals surface area contributed by atoms with Gasteiger partial charge in [0.1, 0.15) is 6.10 Å². The van der Waals surface area contributed by atoms with Crippen LogP contribution < -0.4 is 0 Å². The second-order valence-corrected chi connectivity index (χ2v) is 8.61. The van der Waals surface area contributed by atoms with Crippen molar-refractivity contribution in [1.82, 2.24) is 14.8 Å². The summed E-state index contributed by atoms with van der Waals surface area (Å²) >= 11 is 1.74. The number of ether oxygens (including phenoxy) is 1. The molecule has 3 heterocycles. The smallest absolute Gasteiger partial charge is 0.251 e. The highest BCUT2D eigenvalue weighted by atomic mass is 32.1. The Morgan fingerprint density at radius 1 is 1.11 bits per heavy atom. The lowest BCUT2D eigenvalue weighted by Gasteiger charge is -2.35.